The molecular weight excluding hydrogens is 236 g/mol. The van der Waals surface area contributed by atoms with Gasteiger partial charge in [0.15, 0.2) is 0 Å². The number of benzene rings is 1. The summed E-state index contributed by atoms with van der Waals surface area (Å²) in [6.07, 6.45) is -1.47. The van der Waals surface area contributed by atoms with Crippen molar-refractivity contribution < 1.29 is 23.6 Å². The van der Waals surface area contributed by atoms with Gasteiger partial charge >= 0.3 is 5.97 Å². The molecule has 0 amide bonds. The van der Waals surface area contributed by atoms with Crippen molar-refractivity contribution in [2.45, 2.75) is 19.3 Å². The molecular formula is C10H9F2NO4. The Labute approximate surface area is 94.8 Å². The molecule has 0 aliphatic rings. The lowest BCUT2D eigenvalue weighted by atomic mass is 9.98. The number of hydrogen-bond acceptors (Lipinski definition) is 3. The lowest BCUT2D eigenvalue weighted by Gasteiger charge is -2.16. The second kappa shape index (κ2) is 4.44. The Morgan fingerprint density at radius 1 is 1.53 bits per heavy atom. The molecule has 1 rings (SSSR count). The van der Waals surface area contributed by atoms with Gasteiger partial charge in [-0.1, -0.05) is 12.1 Å². The molecule has 1 aromatic carbocycles. The van der Waals surface area contributed by atoms with Crippen LogP contribution in [0.5, 0.6) is 0 Å². The zero-order valence-electron chi connectivity index (χ0n) is 8.81. The minimum absolute atomic E-state index is 0.00884. The SMILES string of the molecule is Cc1cccc([N+](=O)[O-])c1C(F)(F)CC(=O)O. The van der Waals surface area contributed by atoms with Crippen molar-refractivity contribution >= 4 is 11.7 Å². The Morgan fingerprint density at radius 2 is 2.12 bits per heavy atom. The molecule has 0 saturated carbocycles. The number of aryl methyl sites for hydroxylation is 1. The molecule has 0 atom stereocenters. The van der Waals surface area contributed by atoms with Gasteiger partial charge in [0, 0.05) is 6.07 Å². The topological polar surface area (TPSA) is 80.4 Å². The van der Waals surface area contributed by atoms with Gasteiger partial charge < -0.3 is 5.11 Å². The number of hydrogen-bond donors (Lipinski definition) is 1. The maximum atomic E-state index is 13.6. The predicted octanol–water partition coefficient (Wildman–Crippen LogP) is 2.47. The highest BCUT2D eigenvalue weighted by molar-refractivity contribution is 5.69. The summed E-state index contributed by atoms with van der Waals surface area (Å²) in [5.74, 6) is -5.48. The second-order valence-corrected chi connectivity index (χ2v) is 3.50. The van der Waals surface area contributed by atoms with Gasteiger partial charge in [-0.25, -0.2) is 8.78 Å². The normalized spacial score (nSPS) is 11.2. The van der Waals surface area contributed by atoms with E-state index in [0.717, 1.165) is 6.07 Å². The van der Waals surface area contributed by atoms with E-state index in [0.29, 0.717) is 0 Å². The van der Waals surface area contributed by atoms with Crippen molar-refractivity contribution in [1.82, 2.24) is 0 Å². The van der Waals surface area contributed by atoms with Gasteiger partial charge in [-0.15, -0.1) is 0 Å². The number of nitro benzene ring substituents is 1. The molecule has 0 fully saturated rings. The third kappa shape index (κ3) is 2.74. The second-order valence-electron chi connectivity index (χ2n) is 3.50. The van der Waals surface area contributed by atoms with E-state index in [2.05, 4.69) is 0 Å². The van der Waals surface area contributed by atoms with Gasteiger partial charge in [-0.2, -0.15) is 0 Å². The van der Waals surface area contributed by atoms with Crippen LogP contribution in [0.3, 0.4) is 0 Å². The van der Waals surface area contributed by atoms with E-state index in [-0.39, 0.29) is 5.56 Å². The standard InChI is InChI=1S/C10H9F2NO4/c1-6-3-2-4-7(13(16)17)9(6)10(11,12)5-8(14)15/h2-4H,5H2,1H3,(H,14,15). The maximum absolute atomic E-state index is 13.6. The first kappa shape index (κ1) is 13.0. The van der Waals surface area contributed by atoms with E-state index in [1.807, 2.05) is 0 Å². The summed E-state index contributed by atoms with van der Waals surface area (Å²) in [6, 6.07) is 3.48. The summed E-state index contributed by atoms with van der Waals surface area (Å²) in [7, 11) is 0. The van der Waals surface area contributed by atoms with Crippen LogP contribution < -0.4 is 0 Å². The molecule has 0 aliphatic heterocycles. The summed E-state index contributed by atoms with van der Waals surface area (Å²) in [5, 5.41) is 19.0. The number of rotatable bonds is 4. The zero-order valence-corrected chi connectivity index (χ0v) is 8.81. The van der Waals surface area contributed by atoms with E-state index in [4.69, 9.17) is 5.11 Å². The number of carboxylic acid groups (broad SMARTS) is 1. The lowest BCUT2D eigenvalue weighted by molar-refractivity contribution is -0.387. The Morgan fingerprint density at radius 3 is 2.59 bits per heavy atom. The summed E-state index contributed by atoms with van der Waals surface area (Å²) in [5.41, 5.74) is -1.62. The highest BCUT2D eigenvalue weighted by Crippen LogP contribution is 2.39. The first-order chi connectivity index (χ1) is 7.75. The van der Waals surface area contributed by atoms with Gasteiger partial charge in [0.2, 0.25) is 0 Å². The van der Waals surface area contributed by atoms with Crippen LogP contribution >= 0.6 is 0 Å². The van der Waals surface area contributed by atoms with Crippen molar-refractivity contribution in [2.24, 2.45) is 0 Å². The number of nitrogens with zero attached hydrogens (tertiary/aromatic N) is 1. The van der Waals surface area contributed by atoms with Crippen LogP contribution in [-0.4, -0.2) is 16.0 Å². The van der Waals surface area contributed by atoms with Crippen LogP contribution in [0.2, 0.25) is 0 Å². The van der Waals surface area contributed by atoms with Crippen molar-refractivity contribution in [3.8, 4) is 0 Å². The fraction of sp³-hybridized carbons (Fsp3) is 0.300. The minimum Gasteiger partial charge on any atom is -0.481 e. The van der Waals surface area contributed by atoms with Crippen LogP contribution in [-0.2, 0) is 10.7 Å². The highest BCUT2D eigenvalue weighted by Gasteiger charge is 2.41. The number of aliphatic carboxylic acids is 1. The van der Waals surface area contributed by atoms with Crippen LogP contribution in [0.25, 0.3) is 0 Å². The van der Waals surface area contributed by atoms with Gasteiger partial charge in [-0.3, -0.25) is 14.9 Å². The molecule has 5 nitrogen and oxygen atoms in total. The summed E-state index contributed by atoms with van der Waals surface area (Å²) in [4.78, 5) is 20.0. The average Bonchev–Trinajstić information content (AvgIpc) is 2.14. The summed E-state index contributed by atoms with van der Waals surface area (Å²) < 4.78 is 27.2. The molecule has 0 unspecified atom stereocenters. The third-order valence-electron chi connectivity index (χ3n) is 2.19. The summed E-state index contributed by atoms with van der Waals surface area (Å²) in [6.45, 7) is 1.28. The highest BCUT2D eigenvalue weighted by atomic mass is 19.3. The number of alkyl halides is 2. The van der Waals surface area contributed by atoms with Crippen LogP contribution in [0, 0.1) is 17.0 Å². The van der Waals surface area contributed by atoms with Crippen LogP contribution in [0.1, 0.15) is 17.5 Å². The number of carboxylic acids is 1. The Bertz CT molecular complexity index is 473. The Hall–Kier alpha value is -2.05. The van der Waals surface area contributed by atoms with E-state index in [9.17, 15) is 23.7 Å². The Balaban J connectivity index is 3.38. The molecule has 92 valence electrons. The van der Waals surface area contributed by atoms with Crippen molar-refractivity contribution in [3.05, 3.63) is 39.4 Å². The molecule has 0 spiro atoms. The maximum Gasteiger partial charge on any atom is 0.309 e. The lowest BCUT2D eigenvalue weighted by Crippen LogP contribution is -2.21. The quantitative estimate of drug-likeness (QED) is 0.652. The largest absolute Gasteiger partial charge is 0.481 e. The molecule has 1 N–H and O–H groups in total. The first-order valence-corrected chi connectivity index (χ1v) is 4.60. The number of nitro groups is 1. The van der Waals surface area contributed by atoms with Gasteiger partial charge in [0.25, 0.3) is 11.6 Å². The molecule has 0 radical (unpaired) electrons. The van der Waals surface area contributed by atoms with Gasteiger partial charge in [0.05, 0.1) is 4.92 Å². The van der Waals surface area contributed by atoms with Crippen molar-refractivity contribution in [3.63, 3.8) is 0 Å². The minimum atomic E-state index is -3.76. The monoisotopic (exact) mass is 245 g/mol. The zero-order chi connectivity index (χ0) is 13.2. The van der Waals surface area contributed by atoms with Gasteiger partial charge in [-0.05, 0) is 12.5 Å². The third-order valence-corrected chi connectivity index (χ3v) is 2.19. The van der Waals surface area contributed by atoms with Crippen molar-refractivity contribution in [1.29, 1.82) is 0 Å². The fourth-order valence-corrected chi connectivity index (χ4v) is 1.56. The molecule has 0 aromatic heterocycles. The molecule has 17 heavy (non-hydrogen) atoms. The van der Waals surface area contributed by atoms with E-state index in [1.54, 1.807) is 0 Å². The summed E-state index contributed by atoms with van der Waals surface area (Å²) >= 11 is 0. The first-order valence-electron chi connectivity index (χ1n) is 4.60. The van der Waals surface area contributed by atoms with Crippen molar-refractivity contribution in [2.75, 3.05) is 0 Å². The molecule has 0 bridgehead atoms. The number of carbonyl (C=O) groups is 1. The molecule has 7 heteroatoms. The van der Waals surface area contributed by atoms with Gasteiger partial charge in [0.1, 0.15) is 12.0 Å². The molecule has 1 aromatic rings. The van der Waals surface area contributed by atoms with E-state index in [1.165, 1.54) is 19.1 Å². The number of halogens is 2. The smallest absolute Gasteiger partial charge is 0.309 e. The molecule has 0 heterocycles. The molecule has 0 saturated heterocycles. The van der Waals surface area contributed by atoms with E-state index >= 15 is 0 Å². The van der Waals surface area contributed by atoms with Crippen LogP contribution in [0.15, 0.2) is 18.2 Å². The van der Waals surface area contributed by atoms with Crippen LogP contribution in [0.4, 0.5) is 14.5 Å². The average molecular weight is 245 g/mol. The predicted molar refractivity (Wildman–Crippen MR) is 54.0 cm³/mol. The fourth-order valence-electron chi connectivity index (χ4n) is 1.56. The van der Waals surface area contributed by atoms with E-state index < -0.39 is 34.5 Å². The Kier molecular flexibility index (Phi) is 3.40. The molecule has 0 aliphatic carbocycles.